The summed E-state index contributed by atoms with van der Waals surface area (Å²) in [6, 6.07) is -0.198. The highest BCUT2D eigenvalue weighted by Gasteiger charge is 2.16. The van der Waals surface area contributed by atoms with E-state index in [1.54, 1.807) is 13.1 Å². The Balaban J connectivity index is 2.35. The van der Waals surface area contributed by atoms with Gasteiger partial charge in [-0.15, -0.1) is 0 Å². The molecule has 0 aliphatic heterocycles. The van der Waals surface area contributed by atoms with Crippen molar-refractivity contribution in [3.63, 3.8) is 0 Å². The molecule has 0 aromatic carbocycles. The van der Waals surface area contributed by atoms with Crippen molar-refractivity contribution < 1.29 is 4.92 Å². The molecule has 8 heteroatoms. The Morgan fingerprint density at radius 2 is 2.22 bits per heavy atom. The van der Waals surface area contributed by atoms with E-state index < -0.39 is 4.92 Å². The van der Waals surface area contributed by atoms with Gasteiger partial charge in [0.1, 0.15) is 12.4 Å². The maximum Gasteiger partial charge on any atom is 0.307 e. The van der Waals surface area contributed by atoms with Crippen molar-refractivity contribution in [3.8, 4) is 0 Å². The van der Waals surface area contributed by atoms with Crippen LogP contribution >= 0.6 is 11.6 Å². The molecule has 0 bridgehead atoms. The van der Waals surface area contributed by atoms with Crippen LogP contribution in [0, 0.1) is 17.0 Å². The molecule has 0 amide bonds. The van der Waals surface area contributed by atoms with E-state index in [1.165, 1.54) is 17.1 Å². The zero-order chi connectivity index (χ0) is 13.3. The molecule has 0 fully saturated rings. The molecule has 2 aromatic rings. The Labute approximate surface area is 108 Å². The zero-order valence-electron chi connectivity index (χ0n) is 9.74. The lowest BCUT2D eigenvalue weighted by atomic mass is 10.1. The summed E-state index contributed by atoms with van der Waals surface area (Å²) < 4.78 is 1.50. The minimum atomic E-state index is -0.485. The number of hydrogen-bond donors (Lipinski definition) is 0. The van der Waals surface area contributed by atoms with Gasteiger partial charge in [-0.1, -0.05) is 0 Å². The third kappa shape index (κ3) is 2.30. The van der Waals surface area contributed by atoms with Gasteiger partial charge in [-0.05, 0) is 25.4 Å². The lowest BCUT2D eigenvalue weighted by Crippen LogP contribution is -2.10. The normalized spacial score (nSPS) is 12.4. The maximum absolute atomic E-state index is 10.6. The van der Waals surface area contributed by atoms with Crippen molar-refractivity contribution in [1.82, 2.24) is 19.7 Å². The van der Waals surface area contributed by atoms with Crippen LogP contribution in [0.4, 0.5) is 5.69 Å². The highest BCUT2D eigenvalue weighted by atomic mass is 35.5. The molecular formula is C10H10ClN5O2. The Bertz CT molecular complexity index is 598. The van der Waals surface area contributed by atoms with Gasteiger partial charge < -0.3 is 0 Å². The molecule has 0 saturated carbocycles. The van der Waals surface area contributed by atoms with Gasteiger partial charge >= 0.3 is 5.69 Å². The monoisotopic (exact) mass is 267 g/mol. The minimum absolute atomic E-state index is 0.0469. The van der Waals surface area contributed by atoms with Gasteiger partial charge in [0.2, 0.25) is 5.28 Å². The van der Waals surface area contributed by atoms with E-state index in [0.29, 0.717) is 0 Å². The van der Waals surface area contributed by atoms with Crippen LogP contribution in [0.15, 0.2) is 18.6 Å². The highest BCUT2D eigenvalue weighted by molar-refractivity contribution is 6.28. The van der Waals surface area contributed by atoms with Crippen molar-refractivity contribution >= 4 is 17.3 Å². The van der Waals surface area contributed by atoms with Crippen LogP contribution in [0.1, 0.15) is 24.2 Å². The van der Waals surface area contributed by atoms with E-state index in [9.17, 15) is 10.1 Å². The summed E-state index contributed by atoms with van der Waals surface area (Å²) in [6.07, 6.45) is 4.18. The third-order valence-electron chi connectivity index (χ3n) is 2.63. The molecule has 1 unspecified atom stereocenters. The van der Waals surface area contributed by atoms with Crippen LogP contribution in [-0.2, 0) is 0 Å². The molecule has 2 rings (SSSR count). The Kier molecular flexibility index (Phi) is 3.24. The summed E-state index contributed by atoms with van der Waals surface area (Å²) in [5.74, 6) is 0. The summed E-state index contributed by atoms with van der Waals surface area (Å²) >= 11 is 5.68. The molecule has 94 valence electrons. The molecule has 2 heterocycles. The van der Waals surface area contributed by atoms with Crippen molar-refractivity contribution in [1.29, 1.82) is 0 Å². The molecule has 1 atom stereocenters. The zero-order valence-corrected chi connectivity index (χ0v) is 10.5. The molecular weight excluding hydrogens is 258 g/mol. The second-order valence-corrected chi connectivity index (χ2v) is 4.13. The minimum Gasteiger partial charge on any atom is -0.258 e. The number of aryl methyl sites for hydroxylation is 1. The number of rotatable bonds is 3. The standard InChI is InChI=1S/C10H10ClN5O2/c1-6-9(4-12-10(11)14-6)7(2)15-5-8(3-13-15)16(17)18/h3-5,7H,1-2H3. The highest BCUT2D eigenvalue weighted by Crippen LogP contribution is 2.21. The fraction of sp³-hybridized carbons (Fsp3) is 0.300. The van der Waals surface area contributed by atoms with Gasteiger partial charge in [-0.2, -0.15) is 5.10 Å². The largest absolute Gasteiger partial charge is 0.307 e. The molecule has 7 nitrogen and oxygen atoms in total. The first-order valence-electron chi connectivity index (χ1n) is 5.16. The maximum atomic E-state index is 10.6. The average Bonchev–Trinajstić information content (AvgIpc) is 2.77. The summed E-state index contributed by atoms with van der Waals surface area (Å²) in [5.41, 5.74) is 1.49. The predicted octanol–water partition coefficient (Wildman–Crippen LogP) is 2.15. The molecule has 0 N–H and O–H groups in total. The van der Waals surface area contributed by atoms with Gasteiger partial charge in [0, 0.05) is 17.5 Å². The Hall–Kier alpha value is -2.02. The Morgan fingerprint density at radius 1 is 1.50 bits per heavy atom. The van der Waals surface area contributed by atoms with E-state index >= 15 is 0 Å². The summed E-state index contributed by atoms with van der Waals surface area (Å²) in [5, 5.41) is 14.7. The van der Waals surface area contributed by atoms with Crippen LogP contribution in [0.2, 0.25) is 5.28 Å². The van der Waals surface area contributed by atoms with Crippen molar-refractivity contribution in [2.24, 2.45) is 0 Å². The van der Waals surface area contributed by atoms with E-state index in [-0.39, 0.29) is 17.0 Å². The predicted molar refractivity (Wildman–Crippen MR) is 64.5 cm³/mol. The van der Waals surface area contributed by atoms with Crippen LogP contribution in [0.25, 0.3) is 0 Å². The van der Waals surface area contributed by atoms with Gasteiger partial charge in [-0.3, -0.25) is 14.8 Å². The van der Waals surface area contributed by atoms with Crippen LogP contribution in [-0.4, -0.2) is 24.7 Å². The smallest absolute Gasteiger partial charge is 0.258 e. The average molecular weight is 268 g/mol. The van der Waals surface area contributed by atoms with E-state index in [2.05, 4.69) is 15.1 Å². The van der Waals surface area contributed by atoms with E-state index in [4.69, 9.17) is 11.6 Å². The molecule has 0 saturated heterocycles. The van der Waals surface area contributed by atoms with Gasteiger partial charge in [0.05, 0.1) is 11.0 Å². The first-order valence-corrected chi connectivity index (χ1v) is 5.54. The number of hydrogen-bond acceptors (Lipinski definition) is 5. The molecule has 0 radical (unpaired) electrons. The van der Waals surface area contributed by atoms with Gasteiger partial charge in [0.15, 0.2) is 0 Å². The van der Waals surface area contributed by atoms with Gasteiger partial charge in [-0.25, -0.2) is 9.97 Å². The molecule has 0 spiro atoms. The molecule has 0 aliphatic rings. The second kappa shape index (κ2) is 4.69. The second-order valence-electron chi connectivity index (χ2n) is 3.79. The summed E-state index contributed by atoms with van der Waals surface area (Å²) in [7, 11) is 0. The van der Waals surface area contributed by atoms with Crippen LogP contribution < -0.4 is 0 Å². The SMILES string of the molecule is Cc1nc(Cl)ncc1C(C)n1cc([N+](=O)[O-])cn1. The van der Waals surface area contributed by atoms with Crippen molar-refractivity contribution in [2.75, 3.05) is 0 Å². The van der Waals surface area contributed by atoms with E-state index in [0.717, 1.165) is 11.3 Å². The lowest BCUT2D eigenvalue weighted by Gasteiger charge is -2.13. The summed E-state index contributed by atoms with van der Waals surface area (Å²) in [4.78, 5) is 18.1. The van der Waals surface area contributed by atoms with E-state index in [1.807, 2.05) is 6.92 Å². The number of aromatic nitrogens is 4. The first-order chi connectivity index (χ1) is 8.49. The number of nitro groups is 1. The van der Waals surface area contributed by atoms with Crippen LogP contribution in [0.3, 0.4) is 0 Å². The van der Waals surface area contributed by atoms with Crippen molar-refractivity contribution in [3.05, 3.63) is 45.2 Å². The topological polar surface area (TPSA) is 86.7 Å². The van der Waals surface area contributed by atoms with Gasteiger partial charge in [0.25, 0.3) is 0 Å². The lowest BCUT2D eigenvalue weighted by molar-refractivity contribution is -0.385. The molecule has 18 heavy (non-hydrogen) atoms. The first kappa shape index (κ1) is 12.4. The fourth-order valence-corrected chi connectivity index (χ4v) is 1.81. The fourth-order valence-electron chi connectivity index (χ4n) is 1.63. The molecule has 2 aromatic heterocycles. The van der Waals surface area contributed by atoms with Crippen LogP contribution in [0.5, 0.6) is 0 Å². The van der Waals surface area contributed by atoms with Crippen molar-refractivity contribution in [2.45, 2.75) is 19.9 Å². The summed E-state index contributed by atoms with van der Waals surface area (Å²) in [6.45, 7) is 3.66. The Morgan fingerprint density at radius 3 is 2.78 bits per heavy atom. The molecule has 0 aliphatic carbocycles. The number of nitrogens with zero attached hydrogens (tertiary/aromatic N) is 5. The third-order valence-corrected chi connectivity index (χ3v) is 2.82. The quantitative estimate of drug-likeness (QED) is 0.483. The number of halogens is 1.